The van der Waals surface area contributed by atoms with Crippen molar-refractivity contribution in [3.63, 3.8) is 0 Å². The average Bonchev–Trinajstić information content (AvgIpc) is 2.88. The van der Waals surface area contributed by atoms with Crippen molar-refractivity contribution in [2.45, 2.75) is 13.5 Å². The fourth-order valence-corrected chi connectivity index (χ4v) is 4.29. The van der Waals surface area contributed by atoms with E-state index in [2.05, 4.69) is 28.3 Å². The minimum absolute atomic E-state index is 0.302. The van der Waals surface area contributed by atoms with E-state index in [9.17, 15) is 9.59 Å². The molecule has 0 unspecified atom stereocenters. The van der Waals surface area contributed by atoms with Crippen LogP contribution in [0.15, 0.2) is 93.6 Å². The van der Waals surface area contributed by atoms with Gasteiger partial charge in [-0.15, -0.1) is 4.68 Å². The first-order chi connectivity index (χ1) is 17.5. The normalized spacial score (nSPS) is 11.4. The topological polar surface area (TPSA) is 85.7 Å². The number of aromatic amines is 1. The molecular weight excluding hydrogens is 478 g/mol. The van der Waals surface area contributed by atoms with Gasteiger partial charge in [0.25, 0.3) is 5.56 Å². The first-order valence-corrected chi connectivity index (χ1v) is 11.8. The van der Waals surface area contributed by atoms with Gasteiger partial charge in [-0.2, -0.15) is 5.10 Å². The number of hydrogen-bond donors (Lipinski definition) is 1. The number of nitrogens with one attached hydrogen (secondary N) is 1. The molecule has 0 saturated heterocycles. The molecule has 5 rings (SSSR count). The number of para-hydroxylation sites is 1. The lowest BCUT2D eigenvalue weighted by Crippen LogP contribution is -2.32. The van der Waals surface area contributed by atoms with Gasteiger partial charge in [0.1, 0.15) is 6.61 Å². The summed E-state index contributed by atoms with van der Waals surface area (Å²) in [7, 11) is 0. The van der Waals surface area contributed by atoms with Gasteiger partial charge in [-0.3, -0.25) is 4.79 Å². The number of aromatic nitrogens is 2. The van der Waals surface area contributed by atoms with E-state index in [-0.39, 0.29) is 0 Å². The number of H-pyrrole nitrogens is 1. The molecule has 0 fully saturated rings. The lowest BCUT2D eigenvalue weighted by Gasteiger charge is -2.15. The van der Waals surface area contributed by atoms with Gasteiger partial charge in [0.2, 0.25) is 0 Å². The summed E-state index contributed by atoms with van der Waals surface area (Å²) in [5.41, 5.74) is 0.860. The van der Waals surface area contributed by atoms with Crippen LogP contribution in [0.3, 0.4) is 0 Å². The highest BCUT2D eigenvalue weighted by Crippen LogP contribution is 2.37. The van der Waals surface area contributed by atoms with Crippen LogP contribution in [0.1, 0.15) is 18.1 Å². The maximum absolute atomic E-state index is 12.7. The number of hydrogen-bond acceptors (Lipinski definition) is 5. The molecule has 7 nitrogen and oxygen atoms in total. The van der Waals surface area contributed by atoms with Crippen LogP contribution in [-0.4, -0.2) is 22.5 Å². The predicted octanol–water partition coefficient (Wildman–Crippen LogP) is 5.36. The molecule has 5 aromatic rings. The Morgan fingerprint density at radius 1 is 0.944 bits per heavy atom. The zero-order valence-corrected chi connectivity index (χ0v) is 20.2. The molecule has 180 valence electrons. The second-order valence-electron chi connectivity index (χ2n) is 8.03. The van der Waals surface area contributed by atoms with Crippen molar-refractivity contribution in [1.82, 2.24) is 9.66 Å². The zero-order valence-electron chi connectivity index (χ0n) is 19.4. The molecule has 1 aromatic heterocycles. The predicted molar refractivity (Wildman–Crippen MR) is 143 cm³/mol. The van der Waals surface area contributed by atoms with Gasteiger partial charge in [-0.1, -0.05) is 66.2 Å². The van der Waals surface area contributed by atoms with Gasteiger partial charge < -0.3 is 14.5 Å². The second-order valence-corrected chi connectivity index (χ2v) is 8.43. The molecule has 36 heavy (non-hydrogen) atoms. The van der Waals surface area contributed by atoms with Crippen LogP contribution < -0.4 is 20.7 Å². The Hall–Kier alpha value is -4.36. The maximum atomic E-state index is 12.7. The number of fused-ring (bicyclic) bond motifs is 2. The first-order valence-electron chi connectivity index (χ1n) is 11.4. The third-order valence-corrected chi connectivity index (χ3v) is 5.97. The van der Waals surface area contributed by atoms with Gasteiger partial charge in [-0.05, 0) is 53.1 Å². The largest absolute Gasteiger partial charge is 0.490 e. The summed E-state index contributed by atoms with van der Waals surface area (Å²) in [6.45, 7) is 2.55. The lowest BCUT2D eigenvalue weighted by molar-refractivity contribution is 0.270. The molecule has 0 bridgehead atoms. The molecule has 4 aromatic carbocycles. The molecule has 0 aliphatic rings. The second kappa shape index (κ2) is 10.1. The van der Waals surface area contributed by atoms with E-state index in [1.165, 1.54) is 6.21 Å². The maximum Gasteiger partial charge on any atom is 0.349 e. The summed E-state index contributed by atoms with van der Waals surface area (Å²) in [5, 5.41) is 7.01. The zero-order chi connectivity index (χ0) is 25.1. The fraction of sp³-hybridized carbons (Fsp3) is 0.107. The van der Waals surface area contributed by atoms with Crippen molar-refractivity contribution in [1.29, 1.82) is 0 Å². The number of rotatable bonds is 7. The molecule has 0 aliphatic heterocycles. The Morgan fingerprint density at radius 2 is 1.69 bits per heavy atom. The van der Waals surface area contributed by atoms with Crippen LogP contribution in [0.2, 0.25) is 5.02 Å². The number of ether oxygens (including phenoxy) is 2. The Morgan fingerprint density at radius 3 is 2.53 bits per heavy atom. The fourth-order valence-electron chi connectivity index (χ4n) is 4.02. The highest BCUT2D eigenvalue weighted by atomic mass is 35.5. The number of benzene rings is 4. The van der Waals surface area contributed by atoms with Gasteiger partial charge in [0, 0.05) is 0 Å². The van der Waals surface area contributed by atoms with E-state index in [1.807, 2.05) is 31.2 Å². The van der Waals surface area contributed by atoms with Gasteiger partial charge in [0.15, 0.2) is 11.5 Å². The summed E-state index contributed by atoms with van der Waals surface area (Å²) < 4.78 is 12.7. The van der Waals surface area contributed by atoms with E-state index >= 15 is 0 Å². The Bertz CT molecular complexity index is 1720. The summed E-state index contributed by atoms with van der Waals surface area (Å²) in [4.78, 5) is 27.8. The van der Waals surface area contributed by atoms with Gasteiger partial charge >= 0.3 is 5.69 Å². The highest BCUT2D eigenvalue weighted by molar-refractivity contribution is 6.32. The monoisotopic (exact) mass is 499 g/mol. The Balaban J connectivity index is 1.46. The number of nitrogens with zero attached hydrogens (tertiary/aromatic N) is 2. The van der Waals surface area contributed by atoms with Crippen molar-refractivity contribution in [2.75, 3.05) is 6.61 Å². The Kier molecular flexibility index (Phi) is 6.56. The van der Waals surface area contributed by atoms with Crippen molar-refractivity contribution in [3.8, 4) is 11.5 Å². The minimum atomic E-state index is -0.638. The third-order valence-electron chi connectivity index (χ3n) is 5.69. The molecule has 8 heteroatoms. The van der Waals surface area contributed by atoms with Crippen molar-refractivity contribution >= 4 is 39.5 Å². The highest BCUT2D eigenvalue weighted by Gasteiger charge is 2.14. The van der Waals surface area contributed by atoms with E-state index in [4.69, 9.17) is 21.1 Å². The standard InChI is InChI=1S/C28H22ClN3O4/c1-2-35-25-15-18(16-30-32-27(33)22-12-5-6-13-24(22)31-28(32)34)14-23(29)26(25)36-17-20-10-7-9-19-8-3-4-11-21(19)20/h3-16H,2,17H2,1H3,(H,31,34). The first kappa shape index (κ1) is 23.4. The minimum Gasteiger partial charge on any atom is -0.490 e. The molecule has 0 amide bonds. The molecule has 1 heterocycles. The molecule has 0 aliphatic carbocycles. The molecule has 1 N–H and O–H groups in total. The van der Waals surface area contributed by atoms with Crippen LogP contribution in [-0.2, 0) is 6.61 Å². The Labute approximate surface area is 211 Å². The van der Waals surface area contributed by atoms with Gasteiger partial charge in [0.05, 0.1) is 28.7 Å². The molecular formula is C28H22ClN3O4. The summed E-state index contributed by atoms with van der Waals surface area (Å²) in [6.07, 6.45) is 1.38. The molecule has 0 atom stereocenters. The van der Waals surface area contributed by atoms with Crippen molar-refractivity contribution < 1.29 is 9.47 Å². The molecule has 0 spiro atoms. The average molecular weight is 500 g/mol. The van der Waals surface area contributed by atoms with Crippen LogP contribution in [0.4, 0.5) is 0 Å². The van der Waals surface area contributed by atoms with Crippen LogP contribution >= 0.6 is 11.6 Å². The quantitative estimate of drug-likeness (QED) is 0.306. The van der Waals surface area contributed by atoms with Crippen LogP contribution in [0.25, 0.3) is 21.7 Å². The van der Waals surface area contributed by atoms with Crippen LogP contribution in [0.5, 0.6) is 11.5 Å². The number of halogens is 1. The summed E-state index contributed by atoms with van der Waals surface area (Å²) >= 11 is 6.57. The van der Waals surface area contributed by atoms with E-state index in [0.717, 1.165) is 21.0 Å². The van der Waals surface area contributed by atoms with Crippen molar-refractivity contribution in [2.24, 2.45) is 5.10 Å². The van der Waals surface area contributed by atoms with Crippen LogP contribution in [0, 0.1) is 0 Å². The van der Waals surface area contributed by atoms with Crippen molar-refractivity contribution in [3.05, 3.63) is 116 Å². The molecule has 0 saturated carbocycles. The SMILES string of the molecule is CCOc1cc(C=Nn2c(=O)[nH]c3ccccc3c2=O)cc(Cl)c1OCc1cccc2ccccc12. The summed E-state index contributed by atoms with van der Waals surface area (Å²) in [6, 6.07) is 24.3. The summed E-state index contributed by atoms with van der Waals surface area (Å²) in [5.74, 6) is 0.843. The van der Waals surface area contributed by atoms with Gasteiger partial charge in [-0.25, -0.2) is 4.79 Å². The van der Waals surface area contributed by atoms with E-state index < -0.39 is 11.2 Å². The lowest BCUT2D eigenvalue weighted by atomic mass is 10.1. The van der Waals surface area contributed by atoms with E-state index in [1.54, 1.807) is 36.4 Å². The van der Waals surface area contributed by atoms with E-state index in [0.29, 0.717) is 46.2 Å². The smallest absolute Gasteiger partial charge is 0.349 e. The molecule has 0 radical (unpaired) electrons. The third kappa shape index (κ3) is 4.61.